The Kier molecular flexibility index (Phi) is 5.25. The Morgan fingerprint density at radius 1 is 1.38 bits per heavy atom. The molecule has 0 unspecified atom stereocenters. The van der Waals surface area contributed by atoms with E-state index in [4.69, 9.17) is 17.3 Å². The summed E-state index contributed by atoms with van der Waals surface area (Å²) >= 11 is 7.55. The summed E-state index contributed by atoms with van der Waals surface area (Å²) in [5.74, 6) is 0. The van der Waals surface area contributed by atoms with Gasteiger partial charge in [0.05, 0.1) is 4.34 Å². The van der Waals surface area contributed by atoms with Crippen molar-refractivity contribution in [3.8, 4) is 0 Å². The Balaban J connectivity index is 2.50. The van der Waals surface area contributed by atoms with Gasteiger partial charge in [0.25, 0.3) is 0 Å². The monoisotopic (exact) mass is 260 g/mol. The van der Waals surface area contributed by atoms with Crippen molar-refractivity contribution < 1.29 is 0 Å². The average molecular weight is 261 g/mol. The van der Waals surface area contributed by atoms with Gasteiger partial charge in [-0.25, -0.2) is 0 Å². The smallest absolute Gasteiger partial charge is 0.0931 e. The van der Waals surface area contributed by atoms with Crippen LogP contribution in [0.3, 0.4) is 0 Å². The predicted molar refractivity (Wildman–Crippen MR) is 73.2 cm³/mol. The Morgan fingerprint density at radius 2 is 2.00 bits per heavy atom. The van der Waals surface area contributed by atoms with E-state index in [1.807, 2.05) is 6.07 Å². The van der Waals surface area contributed by atoms with Crippen molar-refractivity contribution in [3.05, 3.63) is 21.3 Å². The fourth-order valence-corrected chi connectivity index (χ4v) is 2.94. The predicted octanol–water partition coefficient (Wildman–Crippen LogP) is 3.35. The minimum absolute atomic E-state index is 0.0597. The quantitative estimate of drug-likeness (QED) is 0.850. The van der Waals surface area contributed by atoms with Crippen molar-refractivity contribution >= 4 is 22.9 Å². The molecular weight excluding hydrogens is 240 g/mol. The van der Waals surface area contributed by atoms with Crippen LogP contribution in [0.4, 0.5) is 0 Å². The molecule has 0 saturated carbocycles. The first kappa shape index (κ1) is 14.0. The number of rotatable bonds is 6. The van der Waals surface area contributed by atoms with Gasteiger partial charge in [-0.15, -0.1) is 11.3 Å². The molecule has 0 spiro atoms. The molecule has 1 aromatic rings. The normalized spacial score (nSPS) is 12.4. The minimum atomic E-state index is -0.0597. The first-order valence-electron chi connectivity index (χ1n) is 5.70. The molecule has 0 amide bonds. The molecule has 0 aliphatic rings. The first-order valence-corrected chi connectivity index (χ1v) is 6.90. The summed E-state index contributed by atoms with van der Waals surface area (Å²) in [6.45, 7) is 6.16. The highest BCUT2D eigenvalue weighted by atomic mass is 35.5. The van der Waals surface area contributed by atoms with E-state index < -0.39 is 0 Å². The fourth-order valence-electron chi connectivity index (χ4n) is 1.77. The molecule has 0 bridgehead atoms. The van der Waals surface area contributed by atoms with E-state index in [0.717, 1.165) is 30.3 Å². The zero-order chi connectivity index (χ0) is 12.2. The van der Waals surface area contributed by atoms with Gasteiger partial charge in [-0.3, -0.25) is 4.90 Å². The molecule has 2 N–H and O–H groups in total. The van der Waals surface area contributed by atoms with Gasteiger partial charge < -0.3 is 5.73 Å². The summed E-state index contributed by atoms with van der Waals surface area (Å²) in [5.41, 5.74) is 6.23. The highest BCUT2D eigenvalue weighted by Gasteiger charge is 2.22. The molecule has 0 aliphatic carbocycles. The summed E-state index contributed by atoms with van der Waals surface area (Å²) in [6, 6.07) is 4.03. The number of likely N-dealkylation sites (N-methyl/N-ethyl adjacent to an activating group) is 1. The highest BCUT2D eigenvalue weighted by molar-refractivity contribution is 7.16. The molecule has 16 heavy (non-hydrogen) atoms. The van der Waals surface area contributed by atoms with Gasteiger partial charge in [-0.2, -0.15) is 0 Å². The Hall–Kier alpha value is -0.0900. The summed E-state index contributed by atoms with van der Waals surface area (Å²) < 4.78 is 0.855. The molecule has 2 nitrogen and oxygen atoms in total. The van der Waals surface area contributed by atoms with Crippen LogP contribution in [0, 0.1) is 0 Å². The molecule has 0 aliphatic heterocycles. The van der Waals surface area contributed by atoms with Gasteiger partial charge in [0.2, 0.25) is 0 Å². The van der Waals surface area contributed by atoms with E-state index in [1.54, 1.807) is 11.3 Å². The fraction of sp³-hybridized carbons (Fsp3) is 0.667. The molecule has 4 heteroatoms. The third kappa shape index (κ3) is 4.06. The number of nitrogens with zero attached hydrogens (tertiary/aromatic N) is 1. The Bertz CT molecular complexity index is 321. The van der Waals surface area contributed by atoms with Crippen LogP contribution >= 0.6 is 22.9 Å². The second kappa shape index (κ2) is 6.01. The molecular formula is C12H21ClN2S. The summed E-state index contributed by atoms with van der Waals surface area (Å²) in [5, 5.41) is 0. The third-order valence-electron chi connectivity index (χ3n) is 3.05. The lowest BCUT2D eigenvalue weighted by molar-refractivity contribution is 0.229. The van der Waals surface area contributed by atoms with Gasteiger partial charge in [0.1, 0.15) is 0 Å². The lowest BCUT2D eigenvalue weighted by Gasteiger charge is -2.31. The second-order valence-corrected chi connectivity index (χ2v) is 6.25. The van der Waals surface area contributed by atoms with E-state index in [0.29, 0.717) is 0 Å². The molecule has 92 valence electrons. The molecule has 0 radical (unpaired) electrons. The van der Waals surface area contributed by atoms with E-state index in [9.17, 15) is 0 Å². The number of halogens is 1. The van der Waals surface area contributed by atoms with Crippen molar-refractivity contribution in [2.24, 2.45) is 5.73 Å². The molecule has 0 atom stereocenters. The molecule has 1 heterocycles. The van der Waals surface area contributed by atoms with E-state index in [-0.39, 0.29) is 5.54 Å². The van der Waals surface area contributed by atoms with Crippen LogP contribution in [-0.4, -0.2) is 24.0 Å². The van der Waals surface area contributed by atoms with Crippen LogP contribution in [0.15, 0.2) is 12.1 Å². The third-order valence-corrected chi connectivity index (χ3v) is 4.26. The number of thiophene rings is 1. The highest BCUT2D eigenvalue weighted by Crippen LogP contribution is 2.23. The van der Waals surface area contributed by atoms with E-state index in [1.165, 1.54) is 4.88 Å². The van der Waals surface area contributed by atoms with Crippen LogP contribution < -0.4 is 5.73 Å². The summed E-state index contributed by atoms with van der Waals surface area (Å²) in [7, 11) is 2.11. The summed E-state index contributed by atoms with van der Waals surface area (Å²) in [4.78, 5) is 3.57. The van der Waals surface area contributed by atoms with Crippen molar-refractivity contribution in [2.45, 2.75) is 38.8 Å². The minimum Gasteiger partial charge on any atom is -0.324 e. The Labute approximate surface area is 107 Å². The lowest BCUT2D eigenvalue weighted by Crippen LogP contribution is -2.48. The number of hydrogen-bond donors (Lipinski definition) is 1. The van der Waals surface area contributed by atoms with Gasteiger partial charge in [-0.1, -0.05) is 25.4 Å². The largest absolute Gasteiger partial charge is 0.324 e. The molecule has 1 aromatic heterocycles. The molecule has 0 saturated heterocycles. The molecule has 0 fully saturated rings. The van der Waals surface area contributed by atoms with Crippen molar-refractivity contribution in [2.75, 3.05) is 13.6 Å². The van der Waals surface area contributed by atoms with E-state index >= 15 is 0 Å². The van der Waals surface area contributed by atoms with Crippen LogP contribution in [0.1, 0.15) is 31.6 Å². The summed E-state index contributed by atoms with van der Waals surface area (Å²) in [6.07, 6.45) is 2.03. The van der Waals surface area contributed by atoms with Crippen molar-refractivity contribution in [1.29, 1.82) is 0 Å². The van der Waals surface area contributed by atoms with Crippen molar-refractivity contribution in [3.63, 3.8) is 0 Å². The first-order chi connectivity index (χ1) is 7.49. The van der Waals surface area contributed by atoms with Crippen LogP contribution in [-0.2, 0) is 6.54 Å². The maximum Gasteiger partial charge on any atom is 0.0931 e. The zero-order valence-corrected chi connectivity index (χ0v) is 11.9. The number of nitrogens with two attached hydrogens (primary N) is 1. The topological polar surface area (TPSA) is 29.3 Å². The molecule has 1 rings (SSSR count). The maximum atomic E-state index is 6.29. The number of hydrogen-bond acceptors (Lipinski definition) is 3. The average Bonchev–Trinajstić information content (AvgIpc) is 2.63. The van der Waals surface area contributed by atoms with E-state index in [2.05, 4.69) is 31.9 Å². The SMILES string of the molecule is CCC(N)(CC)CN(C)Cc1ccc(Cl)s1. The second-order valence-electron chi connectivity index (χ2n) is 4.45. The zero-order valence-electron chi connectivity index (χ0n) is 10.3. The van der Waals surface area contributed by atoms with Gasteiger partial charge in [0.15, 0.2) is 0 Å². The Morgan fingerprint density at radius 3 is 2.44 bits per heavy atom. The maximum absolute atomic E-state index is 6.29. The van der Waals surface area contributed by atoms with Gasteiger partial charge in [-0.05, 0) is 32.0 Å². The standard InChI is InChI=1S/C12H21ClN2S/c1-4-12(14,5-2)9-15(3)8-10-6-7-11(13)16-10/h6-7H,4-5,8-9,14H2,1-3H3. The van der Waals surface area contributed by atoms with Crippen LogP contribution in [0.2, 0.25) is 4.34 Å². The van der Waals surface area contributed by atoms with Crippen molar-refractivity contribution in [1.82, 2.24) is 4.90 Å². The lowest BCUT2D eigenvalue weighted by atomic mass is 9.94. The van der Waals surface area contributed by atoms with Gasteiger partial charge in [0, 0.05) is 23.5 Å². The van der Waals surface area contributed by atoms with Crippen LogP contribution in [0.25, 0.3) is 0 Å². The van der Waals surface area contributed by atoms with Gasteiger partial charge >= 0.3 is 0 Å². The molecule has 0 aromatic carbocycles. The van der Waals surface area contributed by atoms with Crippen LogP contribution in [0.5, 0.6) is 0 Å².